The van der Waals surface area contributed by atoms with Gasteiger partial charge in [0.25, 0.3) is 5.91 Å². The quantitative estimate of drug-likeness (QED) is 0.871. The number of likely N-dealkylation sites (tertiary alicyclic amines) is 1. The third-order valence-electron chi connectivity index (χ3n) is 3.13. The molecule has 1 amide bonds. The third-order valence-corrected chi connectivity index (χ3v) is 4.34. The van der Waals surface area contributed by atoms with Gasteiger partial charge in [-0.2, -0.15) is 0 Å². The predicted octanol–water partition coefficient (Wildman–Crippen LogP) is 1.73. The lowest BCUT2D eigenvalue weighted by Gasteiger charge is -2.14. The summed E-state index contributed by atoms with van der Waals surface area (Å²) >= 11 is 1.61. The summed E-state index contributed by atoms with van der Waals surface area (Å²) in [7, 11) is 0. The van der Waals surface area contributed by atoms with E-state index in [0.717, 1.165) is 30.8 Å². The highest BCUT2D eigenvalue weighted by Gasteiger charge is 2.26. The molecule has 1 atom stereocenters. The maximum atomic E-state index is 12.1. The number of rotatable bonds is 3. The molecule has 16 heavy (non-hydrogen) atoms. The van der Waals surface area contributed by atoms with Gasteiger partial charge in [0.2, 0.25) is 0 Å². The summed E-state index contributed by atoms with van der Waals surface area (Å²) in [6.07, 6.45) is 2.05. The molecule has 0 spiro atoms. The number of nitrogens with two attached hydrogens (primary N) is 1. The highest BCUT2D eigenvalue weighted by molar-refractivity contribution is 7.14. The molecule has 0 radical (unpaired) electrons. The molecule has 3 nitrogen and oxygen atoms in total. The van der Waals surface area contributed by atoms with Crippen molar-refractivity contribution in [3.8, 4) is 0 Å². The van der Waals surface area contributed by atoms with Gasteiger partial charge in [-0.05, 0) is 37.4 Å². The van der Waals surface area contributed by atoms with Gasteiger partial charge in [-0.1, -0.05) is 6.92 Å². The molecule has 2 rings (SSSR count). The molecular weight excluding hydrogens is 220 g/mol. The lowest BCUT2D eigenvalue weighted by Crippen LogP contribution is -2.29. The molecule has 88 valence electrons. The fourth-order valence-electron chi connectivity index (χ4n) is 2.05. The van der Waals surface area contributed by atoms with Crippen molar-refractivity contribution in [3.63, 3.8) is 0 Å². The van der Waals surface area contributed by atoms with Crippen LogP contribution in [0.5, 0.6) is 0 Å². The fraction of sp³-hybridized carbons (Fsp3) is 0.583. The Bertz CT molecular complexity index is 375. The molecule has 1 aromatic rings. The van der Waals surface area contributed by atoms with Gasteiger partial charge in [-0.25, -0.2) is 0 Å². The minimum absolute atomic E-state index is 0.181. The molecular formula is C12H18N2OS. The first-order valence-electron chi connectivity index (χ1n) is 5.82. The zero-order valence-electron chi connectivity index (χ0n) is 9.61. The van der Waals surface area contributed by atoms with Crippen LogP contribution in [-0.2, 0) is 6.42 Å². The van der Waals surface area contributed by atoms with Crippen molar-refractivity contribution in [2.75, 3.05) is 19.6 Å². The predicted molar refractivity (Wildman–Crippen MR) is 66.8 cm³/mol. The molecule has 1 aliphatic heterocycles. The molecule has 1 aliphatic rings. The Morgan fingerprint density at radius 2 is 2.44 bits per heavy atom. The number of carbonyl (C=O) groups is 1. The Labute approximate surface area is 100 Å². The van der Waals surface area contributed by atoms with Crippen molar-refractivity contribution in [2.24, 2.45) is 11.7 Å². The summed E-state index contributed by atoms with van der Waals surface area (Å²) in [5.74, 6) is 0.676. The first-order chi connectivity index (χ1) is 7.74. The minimum atomic E-state index is 0.181. The summed E-state index contributed by atoms with van der Waals surface area (Å²) in [5.41, 5.74) is 5.63. The van der Waals surface area contributed by atoms with Crippen LogP contribution in [0.15, 0.2) is 12.1 Å². The van der Waals surface area contributed by atoms with E-state index in [1.54, 1.807) is 11.3 Å². The topological polar surface area (TPSA) is 46.3 Å². The molecule has 0 aliphatic carbocycles. The van der Waals surface area contributed by atoms with Gasteiger partial charge in [-0.15, -0.1) is 11.3 Å². The van der Waals surface area contributed by atoms with E-state index in [0.29, 0.717) is 12.5 Å². The first kappa shape index (κ1) is 11.6. The molecule has 0 aromatic carbocycles. The second kappa shape index (κ2) is 4.97. The zero-order valence-corrected chi connectivity index (χ0v) is 10.4. The highest BCUT2D eigenvalue weighted by Crippen LogP contribution is 2.22. The molecule has 1 aromatic heterocycles. The van der Waals surface area contributed by atoms with E-state index in [4.69, 9.17) is 5.73 Å². The number of carbonyl (C=O) groups excluding carboxylic acids is 1. The van der Waals surface area contributed by atoms with Gasteiger partial charge in [0, 0.05) is 18.0 Å². The molecule has 2 heterocycles. The van der Waals surface area contributed by atoms with Gasteiger partial charge in [0.05, 0.1) is 4.88 Å². The number of hydrogen-bond donors (Lipinski definition) is 1. The average molecular weight is 238 g/mol. The molecule has 0 bridgehead atoms. The zero-order chi connectivity index (χ0) is 11.5. The van der Waals surface area contributed by atoms with E-state index in [1.807, 2.05) is 17.0 Å². The Morgan fingerprint density at radius 1 is 1.62 bits per heavy atom. The Kier molecular flexibility index (Phi) is 3.61. The molecule has 4 heteroatoms. The highest BCUT2D eigenvalue weighted by atomic mass is 32.1. The summed E-state index contributed by atoms with van der Waals surface area (Å²) in [6, 6.07) is 4.00. The van der Waals surface area contributed by atoms with Crippen LogP contribution in [0.1, 0.15) is 27.9 Å². The monoisotopic (exact) mass is 238 g/mol. The van der Waals surface area contributed by atoms with Gasteiger partial charge >= 0.3 is 0 Å². The fourth-order valence-corrected chi connectivity index (χ4v) is 2.96. The van der Waals surface area contributed by atoms with E-state index in [1.165, 1.54) is 4.88 Å². The number of hydrogen-bond acceptors (Lipinski definition) is 3. The number of aryl methyl sites for hydroxylation is 1. The SMILES string of the molecule is CCc1ccc(C(=O)N2CCC(CN)C2)s1. The van der Waals surface area contributed by atoms with Crippen molar-refractivity contribution in [1.82, 2.24) is 4.90 Å². The van der Waals surface area contributed by atoms with Crippen molar-refractivity contribution < 1.29 is 4.79 Å². The van der Waals surface area contributed by atoms with Crippen molar-refractivity contribution in [3.05, 3.63) is 21.9 Å². The molecule has 1 fully saturated rings. The van der Waals surface area contributed by atoms with Gasteiger partial charge < -0.3 is 10.6 Å². The van der Waals surface area contributed by atoms with Gasteiger partial charge in [0.1, 0.15) is 0 Å². The van der Waals surface area contributed by atoms with E-state index >= 15 is 0 Å². The van der Waals surface area contributed by atoms with Crippen molar-refractivity contribution >= 4 is 17.2 Å². The van der Waals surface area contributed by atoms with Crippen LogP contribution in [0.3, 0.4) is 0 Å². The number of amides is 1. The number of nitrogens with zero attached hydrogens (tertiary/aromatic N) is 1. The van der Waals surface area contributed by atoms with Gasteiger partial charge in [-0.3, -0.25) is 4.79 Å². The van der Waals surface area contributed by atoms with E-state index in [2.05, 4.69) is 6.92 Å². The van der Waals surface area contributed by atoms with Crippen LogP contribution in [0.25, 0.3) is 0 Å². The lowest BCUT2D eigenvalue weighted by molar-refractivity contribution is 0.0792. The van der Waals surface area contributed by atoms with E-state index < -0.39 is 0 Å². The van der Waals surface area contributed by atoms with Crippen LogP contribution < -0.4 is 5.73 Å². The van der Waals surface area contributed by atoms with Crippen LogP contribution >= 0.6 is 11.3 Å². The molecule has 0 saturated carbocycles. The second-order valence-electron chi connectivity index (χ2n) is 4.26. The largest absolute Gasteiger partial charge is 0.338 e. The maximum Gasteiger partial charge on any atom is 0.263 e. The Morgan fingerprint density at radius 3 is 3.00 bits per heavy atom. The minimum Gasteiger partial charge on any atom is -0.338 e. The Balaban J connectivity index is 2.02. The van der Waals surface area contributed by atoms with Crippen molar-refractivity contribution in [1.29, 1.82) is 0 Å². The molecule has 1 unspecified atom stereocenters. The van der Waals surface area contributed by atoms with Crippen LogP contribution in [0, 0.1) is 5.92 Å². The normalized spacial score (nSPS) is 20.4. The van der Waals surface area contributed by atoms with Crippen LogP contribution in [0.2, 0.25) is 0 Å². The van der Waals surface area contributed by atoms with Crippen LogP contribution in [-0.4, -0.2) is 30.4 Å². The molecule has 1 saturated heterocycles. The van der Waals surface area contributed by atoms with Crippen molar-refractivity contribution in [2.45, 2.75) is 19.8 Å². The first-order valence-corrected chi connectivity index (χ1v) is 6.64. The number of thiophene rings is 1. The maximum absolute atomic E-state index is 12.1. The molecule has 2 N–H and O–H groups in total. The lowest BCUT2D eigenvalue weighted by atomic mass is 10.1. The third kappa shape index (κ3) is 2.28. The smallest absolute Gasteiger partial charge is 0.263 e. The summed E-state index contributed by atoms with van der Waals surface area (Å²) < 4.78 is 0. The standard InChI is InChI=1S/C12H18N2OS/c1-2-10-3-4-11(16-10)12(15)14-6-5-9(7-13)8-14/h3-4,9H,2,5-8,13H2,1H3. The Hall–Kier alpha value is -0.870. The second-order valence-corrected chi connectivity index (χ2v) is 5.43. The summed E-state index contributed by atoms with van der Waals surface area (Å²) in [6.45, 7) is 4.49. The summed E-state index contributed by atoms with van der Waals surface area (Å²) in [4.78, 5) is 16.2. The average Bonchev–Trinajstić information content (AvgIpc) is 2.97. The van der Waals surface area contributed by atoms with Gasteiger partial charge in [0.15, 0.2) is 0 Å². The van der Waals surface area contributed by atoms with E-state index in [-0.39, 0.29) is 5.91 Å². The van der Waals surface area contributed by atoms with Crippen LogP contribution in [0.4, 0.5) is 0 Å². The van der Waals surface area contributed by atoms with E-state index in [9.17, 15) is 4.79 Å². The summed E-state index contributed by atoms with van der Waals surface area (Å²) in [5, 5.41) is 0.